The Bertz CT molecular complexity index is 651. The Morgan fingerprint density at radius 3 is 2.18 bits per heavy atom. The Morgan fingerprint density at radius 1 is 0.647 bits per heavy atom. The topological polar surface area (TPSA) is 0 Å². The average Bonchev–Trinajstić information content (AvgIpc) is 2.39. The molecule has 0 heterocycles. The molecule has 0 aliphatic rings. The fraction of sp³-hybridized carbons (Fsp3) is 0.0588. The summed E-state index contributed by atoms with van der Waals surface area (Å²) in [5.74, 6) is 0. The zero-order valence-corrected chi connectivity index (χ0v) is 9.85. The molecule has 82 valence electrons. The number of fused-ring (bicyclic) bond motifs is 1. The summed E-state index contributed by atoms with van der Waals surface area (Å²) in [5, 5.41) is 2.63. The van der Waals surface area contributed by atoms with Crippen LogP contribution in [-0.2, 0) is 0 Å². The molecule has 0 aromatic heterocycles. The second kappa shape index (κ2) is 4.06. The molecule has 3 aromatic carbocycles. The molecule has 0 N–H and O–H groups in total. The Labute approximate surface area is 102 Å². The molecule has 0 amide bonds. The van der Waals surface area contributed by atoms with E-state index in [9.17, 15) is 0 Å². The molecule has 0 atom stereocenters. The summed E-state index contributed by atoms with van der Waals surface area (Å²) in [6.07, 6.45) is 0. The molecule has 0 heteroatoms. The molecule has 0 aliphatic carbocycles. The van der Waals surface area contributed by atoms with Crippen molar-refractivity contribution in [1.29, 1.82) is 0 Å². The van der Waals surface area contributed by atoms with E-state index in [1.807, 2.05) is 0 Å². The van der Waals surface area contributed by atoms with Gasteiger partial charge < -0.3 is 0 Å². The van der Waals surface area contributed by atoms with Crippen molar-refractivity contribution in [3.63, 3.8) is 0 Å². The van der Waals surface area contributed by atoms with Gasteiger partial charge in [-0.15, -0.1) is 0 Å². The van der Waals surface area contributed by atoms with Crippen molar-refractivity contribution in [2.75, 3.05) is 0 Å². The van der Waals surface area contributed by atoms with E-state index in [-0.39, 0.29) is 0 Å². The molecule has 0 fully saturated rings. The third kappa shape index (κ3) is 1.72. The molecule has 0 saturated heterocycles. The molecule has 0 saturated carbocycles. The first kappa shape index (κ1) is 10.1. The summed E-state index contributed by atoms with van der Waals surface area (Å²) in [7, 11) is 0. The van der Waals surface area contributed by atoms with E-state index >= 15 is 0 Å². The van der Waals surface area contributed by atoms with Gasteiger partial charge in [-0.2, -0.15) is 0 Å². The van der Waals surface area contributed by atoms with Crippen LogP contribution in [0.25, 0.3) is 21.9 Å². The third-order valence-electron chi connectivity index (χ3n) is 3.20. The fourth-order valence-corrected chi connectivity index (χ4v) is 2.37. The summed E-state index contributed by atoms with van der Waals surface area (Å²) >= 11 is 0. The monoisotopic (exact) mass is 218 g/mol. The lowest BCUT2D eigenvalue weighted by molar-refractivity contribution is 1.49. The molecular weight excluding hydrogens is 204 g/mol. The minimum Gasteiger partial charge on any atom is -0.0622 e. The predicted octanol–water partition coefficient (Wildman–Crippen LogP) is 4.82. The largest absolute Gasteiger partial charge is 0.0622 e. The van der Waals surface area contributed by atoms with Crippen LogP contribution in [0.4, 0.5) is 0 Å². The quantitative estimate of drug-likeness (QED) is 0.549. The molecule has 0 bridgehead atoms. The Hall–Kier alpha value is -2.08. The van der Waals surface area contributed by atoms with Crippen molar-refractivity contribution in [1.82, 2.24) is 0 Å². The van der Waals surface area contributed by atoms with E-state index in [1.165, 1.54) is 27.5 Å². The van der Waals surface area contributed by atoms with Crippen LogP contribution in [0.2, 0.25) is 0 Å². The Balaban J connectivity index is 2.39. The number of aryl methyl sites for hydroxylation is 1. The van der Waals surface area contributed by atoms with E-state index < -0.39 is 0 Å². The zero-order valence-electron chi connectivity index (χ0n) is 9.85. The Kier molecular flexibility index (Phi) is 2.41. The van der Waals surface area contributed by atoms with Gasteiger partial charge in [0.15, 0.2) is 0 Å². The van der Waals surface area contributed by atoms with Crippen LogP contribution in [0.5, 0.6) is 0 Å². The highest BCUT2D eigenvalue weighted by atomic mass is 14.1. The van der Waals surface area contributed by atoms with Crippen LogP contribution in [0.15, 0.2) is 66.7 Å². The molecule has 0 radical (unpaired) electrons. The number of hydrogen-bond acceptors (Lipinski definition) is 0. The zero-order chi connectivity index (χ0) is 11.7. The highest BCUT2D eigenvalue weighted by Crippen LogP contribution is 2.31. The molecule has 0 nitrogen and oxygen atoms in total. The van der Waals surface area contributed by atoms with Crippen molar-refractivity contribution in [2.24, 2.45) is 0 Å². The van der Waals surface area contributed by atoms with E-state index in [0.29, 0.717) is 0 Å². The van der Waals surface area contributed by atoms with E-state index in [2.05, 4.69) is 73.7 Å². The second-order valence-corrected chi connectivity index (χ2v) is 4.34. The molecule has 0 aliphatic heterocycles. The first-order chi connectivity index (χ1) is 8.36. The normalized spacial score (nSPS) is 10.6. The smallest absolute Gasteiger partial charge is 0.00761 e. The van der Waals surface area contributed by atoms with Crippen LogP contribution < -0.4 is 0 Å². The van der Waals surface area contributed by atoms with Gasteiger partial charge in [0.25, 0.3) is 0 Å². The average molecular weight is 218 g/mol. The van der Waals surface area contributed by atoms with Gasteiger partial charge in [0, 0.05) is 0 Å². The van der Waals surface area contributed by atoms with E-state index in [1.54, 1.807) is 0 Å². The van der Waals surface area contributed by atoms with Gasteiger partial charge in [-0.1, -0.05) is 66.7 Å². The summed E-state index contributed by atoms with van der Waals surface area (Å²) in [4.78, 5) is 0. The first-order valence-corrected chi connectivity index (χ1v) is 5.90. The molecule has 0 unspecified atom stereocenters. The van der Waals surface area contributed by atoms with Gasteiger partial charge in [-0.3, -0.25) is 0 Å². The summed E-state index contributed by atoms with van der Waals surface area (Å²) in [5.41, 5.74) is 3.97. The van der Waals surface area contributed by atoms with Gasteiger partial charge in [0.1, 0.15) is 0 Å². The molecule has 17 heavy (non-hydrogen) atoms. The predicted molar refractivity (Wildman–Crippen MR) is 74.1 cm³/mol. The molecule has 3 aromatic rings. The van der Waals surface area contributed by atoms with Gasteiger partial charge in [-0.25, -0.2) is 0 Å². The van der Waals surface area contributed by atoms with Crippen molar-refractivity contribution >= 4 is 10.8 Å². The fourth-order valence-electron chi connectivity index (χ4n) is 2.37. The lowest BCUT2D eigenvalue weighted by atomic mass is 9.94. The molecule has 0 spiro atoms. The van der Waals surface area contributed by atoms with Crippen molar-refractivity contribution in [3.05, 3.63) is 72.3 Å². The Morgan fingerprint density at radius 2 is 1.35 bits per heavy atom. The van der Waals surface area contributed by atoms with E-state index in [0.717, 1.165) is 0 Å². The maximum Gasteiger partial charge on any atom is -0.00761 e. The van der Waals surface area contributed by atoms with Crippen LogP contribution in [0.3, 0.4) is 0 Å². The number of hydrogen-bond donors (Lipinski definition) is 0. The standard InChI is InChI=1S/C17H14/c1-13-11-12-14-7-5-6-10-16(14)17(13)15-8-3-2-4-9-15/h2-12H,1H3. The van der Waals surface area contributed by atoms with Crippen LogP contribution in [0.1, 0.15) is 5.56 Å². The minimum absolute atomic E-state index is 1.29. The maximum absolute atomic E-state index is 2.20. The lowest BCUT2D eigenvalue weighted by Crippen LogP contribution is -1.85. The number of benzene rings is 3. The van der Waals surface area contributed by atoms with Gasteiger partial charge in [0.05, 0.1) is 0 Å². The summed E-state index contributed by atoms with van der Waals surface area (Å²) in [6.45, 7) is 2.18. The molecule has 3 rings (SSSR count). The van der Waals surface area contributed by atoms with Crippen molar-refractivity contribution in [3.8, 4) is 11.1 Å². The van der Waals surface area contributed by atoms with Crippen LogP contribution in [-0.4, -0.2) is 0 Å². The van der Waals surface area contributed by atoms with Crippen molar-refractivity contribution in [2.45, 2.75) is 6.92 Å². The molecular formula is C17H14. The summed E-state index contributed by atoms with van der Waals surface area (Å²) in [6, 6.07) is 23.6. The second-order valence-electron chi connectivity index (χ2n) is 4.34. The van der Waals surface area contributed by atoms with Gasteiger partial charge >= 0.3 is 0 Å². The van der Waals surface area contributed by atoms with Crippen molar-refractivity contribution < 1.29 is 0 Å². The highest BCUT2D eigenvalue weighted by Gasteiger charge is 2.05. The maximum atomic E-state index is 2.20. The number of rotatable bonds is 1. The third-order valence-corrected chi connectivity index (χ3v) is 3.20. The van der Waals surface area contributed by atoms with Gasteiger partial charge in [0.2, 0.25) is 0 Å². The van der Waals surface area contributed by atoms with E-state index in [4.69, 9.17) is 0 Å². The van der Waals surface area contributed by atoms with Gasteiger partial charge in [-0.05, 0) is 34.4 Å². The lowest BCUT2D eigenvalue weighted by Gasteiger charge is -2.10. The SMILES string of the molecule is Cc1ccc2ccccc2c1-c1ccccc1. The first-order valence-electron chi connectivity index (χ1n) is 5.90. The van der Waals surface area contributed by atoms with Crippen LogP contribution >= 0.6 is 0 Å². The highest BCUT2D eigenvalue weighted by molar-refractivity contribution is 5.98. The minimum atomic E-state index is 1.29. The summed E-state index contributed by atoms with van der Waals surface area (Å²) < 4.78 is 0. The van der Waals surface area contributed by atoms with Crippen LogP contribution in [0, 0.1) is 6.92 Å².